The highest BCUT2D eigenvalue weighted by atomic mass is 127. The zero-order chi connectivity index (χ0) is 17.9. The fraction of sp³-hybridized carbons (Fsp3) is 0.520. The Morgan fingerprint density at radius 1 is 1.12 bits per heavy atom. The molecule has 0 saturated heterocycles. The second-order valence-corrected chi connectivity index (χ2v) is 10.3. The van der Waals surface area contributed by atoms with Crippen LogP contribution in [0, 0.1) is 17.8 Å². The number of aryl methyl sites for hydroxylation is 1. The Hall–Kier alpha value is -0.830. The molecule has 4 rings (SSSR count). The van der Waals surface area contributed by atoms with Crippen molar-refractivity contribution in [2.24, 2.45) is 17.8 Å². The molecule has 0 nitrogen and oxygen atoms in total. The molecule has 3 aliphatic rings. The van der Waals surface area contributed by atoms with Crippen LogP contribution in [-0.2, 0) is 6.42 Å². The highest BCUT2D eigenvalue weighted by molar-refractivity contribution is 14.1. The third kappa shape index (κ3) is 4.03. The van der Waals surface area contributed by atoms with E-state index in [2.05, 4.69) is 71.7 Å². The van der Waals surface area contributed by atoms with E-state index < -0.39 is 0 Å². The first kappa shape index (κ1) is 18.5. The second-order valence-electron chi connectivity index (χ2n) is 8.51. The fourth-order valence-corrected chi connectivity index (χ4v) is 6.42. The van der Waals surface area contributed by atoms with Gasteiger partial charge in [-0.25, -0.2) is 0 Å². The molecule has 1 saturated carbocycles. The molecule has 1 heteroatoms. The standard InChI is InChI=1S/C25H31I/c1-2-19-13-14-23(26)17-21(19)8-5-6-18-10-15-25-22(16-18)12-11-20-7-3-4-9-24(20)25/h2-4,7,9-10,15,19,21-23H,1,5-6,8,11-14,16-17H2. The number of allylic oxidation sites excluding steroid dienone is 5. The van der Waals surface area contributed by atoms with E-state index in [1.54, 1.807) is 16.7 Å². The minimum atomic E-state index is 0.763. The Bertz CT molecular complexity index is 711. The highest BCUT2D eigenvalue weighted by Gasteiger charge is 2.28. The SMILES string of the molecule is C=CC1CCC(I)CC1CCCC1=CC=C2c3ccccc3CCC2C1. The topological polar surface area (TPSA) is 0 Å². The molecule has 1 aromatic carbocycles. The summed E-state index contributed by atoms with van der Waals surface area (Å²) in [4.78, 5) is 0. The Kier molecular flexibility index (Phi) is 6.03. The number of benzene rings is 1. The lowest BCUT2D eigenvalue weighted by atomic mass is 9.73. The number of halogens is 1. The minimum Gasteiger partial charge on any atom is -0.103 e. The van der Waals surface area contributed by atoms with E-state index in [1.165, 1.54) is 63.4 Å². The van der Waals surface area contributed by atoms with Gasteiger partial charge in [0.1, 0.15) is 0 Å². The van der Waals surface area contributed by atoms with Gasteiger partial charge in [0.15, 0.2) is 0 Å². The molecular formula is C25H31I. The van der Waals surface area contributed by atoms with Crippen LogP contribution in [0.15, 0.2) is 54.6 Å². The summed E-state index contributed by atoms with van der Waals surface area (Å²) in [6, 6.07) is 9.02. The lowest BCUT2D eigenvalue weighted by Crippen LogP contribution is -2.23. The molecule has 0 spiro atoms. The van der Waals surface area contributed by atoms with E-state index in [0.29, 0.717) is 0 Å². The van der Waals surface area contributed by atoms with Gasteiger partial charge in [-0.15, -0.1) is 6.58 Å². The summed E-state index contributed by atoms with van der Waals surface area (Å²) < 4.78 is 0.885. The van der Waals surface area contributed by atoms with Gasteiger partial charge in [-0.1, -0.05) is 70.7 Å². The van der Waals surface area contributed by atoms with Crippen LogP contribution in [0.3, 0.4) is 0 Å². The Balaban J connectivity index is 1.36. The monoisotopic (exact) mass is 458 g/mol. The van der Waals surface area contributed by atoms with Crippen LogP contribution in [0.4, 0.5) is 0 Å². The van der Waals surface area contributed by atoms with E-state index in [0.717, 1.165) is 21.7 Å². The van der Waals surface area contributed by atoms with Crippen molar-refractivity contribution in [2.75, 3.05) is 0 Å². The zero-order valence-electron chi connectivity index (χ0n) is 15.8. The molecule has 0 aliphatic heterocycles. The number of alkyl halides is 1. The summed E-state index contributed by atoms with van der Waals surface area (Å²) in [5, 5.41) is 0. The lowest BCUT2D eigenvalue weighted by molar-refractivity contribution is 0.274. The molecule has 1 fully saturated rings. The van der Waals surface area contributed by atoms with Gasteiger partial charge in [-0.3, -0.25) is 0 Å². The van der Waals surface area contributed by atoms with Gasteiger partial charge >= 0.3 is 0 Å². The van der Waals surface area contributed by atoms with Crippen LogP contribution in [0.25, 0.3) is 5.57 Å². The molecule has 0 amide bonds. The first-order chi connectivity index (χ1) is 12.7. The van der Waals surface area contributed by atoms with Crippen LogP contribution >= 0.6 is 22.6 Å². The summed E-state index contributed by atoms with van der Waals surface area (Å²) in [5.41, 5.74) is 6.36. The number of hydrogen-bond donors (Lipinski definition) is 0. The zero-order valence-corrected chi connectivity index (χ0v) is 18.0. The number of fused-ring (bicyclic) bond motifs is 3. The van der Waals surface area contributed by atoms with E-state index in [-0.39, 0.29) is 0 Å². The van der Waals surface area contributed by atoms with Gasteiger partial charge in [0.25, 0.3) is 0 Å². The summed E-state index contributed by atoms with van der Waals surface area (Å²) in [6.45, 7) is 4.10. The molecule has 0 bridgehead atoms. The maximum Gasteiger partial charge on any atom is 0.0113 e. The third-order valence-corrected chi connectivity index (χ3v) is 8.02. The summed E-state index contributed by atoms with van der Waals surface area (Å²) >= 11 is 2.66. The predicted octanol–water partition coefficient (Wildman–Crippen LogP) is 7.54. The van der Waals surface area contributed by atoms with Gasteiger partial charge in [0.2, 0.25) is 0 Å². The molecule has 3 aliphatic carbocycles. The maximum atomic E-state index is 4.10. The summed E-state index contributed by atoms with van der Waals surface area (Å²) in [6.07, 6.45) is 19.2. The summed E-state index contributed by atoms with van der Waals surface area (Å²) in [7, 11) is 0. The van der Waals surface area contributed by atoms with Gasteiger partial charge in [0.05, 0.1) is 0 Å². The molecule has 138 valence electrons. The van der Waals surface area contributed by atoms with Gasteiger partial charge in [-0.05, 0) is 92.2 Å². The van der Waals surface area contributed by atoms with Crippen LogP contribution in [0.5, 0.6) is 0 Å². The first-order valence-corrected chi connectivity index (χ1v) is 11.7. The van der Waals surface area contributed by atoms with Crippen LogP contribution in [0.2, 0.25) is 0 Å². The third-order valence-electron chi connectivity index (χ3n) is 6.89. The average molecular weight is 458 g/mol. The summed E-state index contributed by atoms with van der Waals surface area (Å²) in [5.74, 6) is 2.40. The fourth-order valence-electron chi connectivity index (χ4n) is 5.40. The Morgan fingerprint density at radius 2 is 2.00 bits per heavy atom. The normalized spacial score (nSPS) is 30.7. The molecule has 0 radical (unpaired) electrons. The van der Waals surface area contributed by atoms with Crippen molar-refractivity contribution in [3.63, 3.8) is 0 Å². The van der Waals surface area contributed by atoms with Crippen LogP contribution < -0.4 is 0 Å². The van der Waals surface area contributed by atoms with Crippen LogP contribution in [-0.4, -0.2) is 3.92 Å². The molecule has 0 heterocycles. The predicted molar refractivity (Wildman–Crippen MR) is 122 cm³/mol. The lowest BCUT2D eigenvalue weighted by Gasteiger charge is -2.33. The van der Waals surface area contributed by atoms with E-state index in [9.17, 15) is 0 Å². The van der Waals surface area contributed by atoms with E-state index in [4.69, 9.17) is 0 Å². The van der Waals surface area contributed by atoms with E-state index >= 15 is 0 Å². The van der Waals surface area contributed by atoms with Gasteiger partial charge < -0.3 is 0 Å². The maximum absolute atomic E-state index is 4.10. The van der Waals surface area contributed by atoms with Crippen molar-refractivity contribution in [1.29, 1.82) is 0 Å². The van der Waals surface area contributed by atoms with Crippen molar-refractivity contribution >= 4 is 28.2 Å². The van der Waals surface area contributed by atoms with Crippen molar-refractivity contribution in [2.45, 2.75) is 61.7 Å². The van der Waals surface area contributed by atoms with Gasteiger partial charge in [0, 0.05) is 3.92 Å². The van der Waals surface area contributed by atoms with Crippen molar-refractivity contribution in [3.05, 3.63) is 65.8 Å². The first-order valence-electron chi connectivity index (χ1n) is 10.5. The van der Waals surface area contributed by atoms with Crippen LogP contribution in [0.1, 0.15) is 62.5 Å². The molecule has 0 N–H and O–H groups in total. The quantitative estimate of drug-likeness (QED) is 0.243. The number of hydrogen-bond acceptors (Lipinski definition) is 0. The van der Waals surface area contributed by atoms with Crippen molar-refractivity contribution in [1.82, 2.24) is 0 Å². The largest absolute Gasteiger partial charge is 0.103 e. The molecule has 4 unspecified atom stereocenters. The minimum absolute atomic E-state index is 0.763. The van der Waals surface area contributed by atoms with E-state index in [1.807, 2.05) is 0 Å². The molecule has 4 atom stereocenters. The molecule has 26 heavy (non-hydrogen) atoms. The average Bonchev–Trinajstić information content (AvgIpc) is 2.68. The molecule has 1 aromatic rings. The van der Waals surface area contributed by atoms with Crippen molar-refractivity contribution in [3.8, 4) is 0 Å². The van der Waals surface area contributed by atoms with Gasteiger partial charge in [-0.2, -0.15) is 0 Å². The second kappa shape index (κ2) is 8.46. The molecular weight excluding hydrogens is 427 g/mol. The Morgan fingerprint density at radius 3 is 2.88 bits per heavy atom. The number of rotatable bonds is 5. The van der Waals surface area contributed by atoms with Crippen molar-refractivity contribution < 1.29 is 0 Å². The highest BCUT2D eigenvalue weighted by Crippen LogP contribution is 2.42. The molecule has 0 aromatic heterocycles. The Labute approximate surface area is 173 Å². The smallest absolute Gasteiger partial charge is 0.0113 e.